The van der Waals surface area contributed by atoms with E-state index in [1.54, 1.807) is 24.3 Å². The summed E-state index contributed by atoms with van der Waals surface area (Å²) in [7, 11) is 0. The Morgan fingerprint density at radius 2 is 1.95 bits per heavy atom. The maximum Gasteiger partial charge on any atom is 0.173 e. The molecule has 2 aromatic carbocycles. The Morgan fingerprint density at radius 3 is 2.65 bits per heavy atom. The van der Waals surface area contributed by atoms with Crippen LogP contribution in [-0.4, -0.2) is 11.0 Å². The van der Waals surface area contributed by atoms with E-state index in [0.717, 1.165) is 0 Å². The van der Waals surface area contributed by atoms with Crippen LogP contribution in [0.3, 0.4) is 0 Å². The molecule has 0 saturated carbocycles. The van der Waals surface area contributed by atoms with Crippen molar-refractivity contribution in [3.63, 3.8) is 0 Å². The summed E-state index contributed by atoms with van der Waals surface area (Å²) in [5.41, 5.74) is 5.85. The molecule has 0 amide bonds. The maximum atomic E-state index is 14.1. The minimum absolute atomic E-state index is 0.0462. The molecular formula is C14H12F2N2OS. The third-order valence-corrected chi connectivity index (χ3v) is 3.70. The summed E-state index contributed by atoms with van der Waals surface area (Å²) in [6.07, 6.45) is 0. The van der Waals surface area contributed by atoms with Crippen LogP contribution in [-0.2, 0) is 5.75 Å². The molecule has 0 aliphatic carbocycles. The molecule has 0 aliphatic heterocycles. The van der Waals surface area contributed by atoms with E-state index in [4.69, 9.17) is 10.9 Å². The molecule has 0 spiro atoms. The fraction of sp³-hybridized carbons (Fsp3) is 0.0714. The third kappa shape index (κ3) is 3.27. The van der Waals surface area contributed by atoms with Crippen molar-refractivity contribution in [2.75, 3.05) is 0 Å². The molecule has 0 aromatic heterocycles. The first-order valence-electron chi connectivity index (χ1n) is 5.75. The van der Waals surface area contributed by atoms with Gasteiger partial charge in [-0.3, -0.25) is 0 Å². The molecule has 2 rings (SSSR count). The molecule has 104 valence electrons. The van der Waals surface area contributed by atoms with Crippen molar-refractivity contribution in [1.82, 2.24) is 0 Å². The molecular weight excluding hydrogens is 282 g/mol. The van der Waals surface area contributed by atoms with Gasteiger partial charge in [-0.2, -0.15) is 0 Å². The van der Waals surface area contributed by atoms with Crippen molar-refractivity contribution >= 4 is 17.6 Å². The normalized spacial score (nSPS) is 11.6. The van der Waals surface area contributed by atoms with Crippen LogP contribution in [0.4, 0.5) is 8.78 Å². The Morgan fingerprint density at radius 1 is 1.20 bits per heavy atom. The van der Waals surface area contributed by atoms with E-state index in [0.29, 0.717) is 16.2 Å². The highest BCUT2D eigenvalue weighted by Gasteiger charge is 2.11. The fourth-order valence-electron chi connectivity index (χ4n) is 1.66. The van der Waals surface area contributed by atoms with Crippen LogP contribution >= 0.6 is 11.8 Å². The summed E-state index contributed by atoms with van der Waals surface area (Å²) >= 11 is 1.31. The molecule has 3 N–H and O–H groups in total. The predicted molar refractivity (Wildman–Crippen MR) is 74.9 cm³/mol. The average Bonchev–Trinajstić information content (AvgIpc) is 2.45. The average molecular weight is 294 g/mol. The molecule has 2 aromatic rings. The summed E-state index contributed by atoms with van der Waals surface area (Å²) in [6.45, 7) is 0. The van der Waals surface area contributed by atoms with Gasteiger partial charge >= 0.3 is 0 Å². The summed E-state index contributed by atoms with van der Waals surface area (Å²) in [6, 6.07) is 10.7. The van der Waals surface area contributed by atoms with Crippen molar-refractivity contribution < 1.29 is 14.0 Å². The van der Waals surface area contributed by atoms with Crippen LogP contribution in [0, 0.1) is 11.6 Å². The van der Waals surface area contributed by atoms with Gasteiger partial charge < -0.3 is 10.9 Å². The van der Waals surface area contributed by atoms with Crippen molar-refractivity contribution in [3.8, 4) is 0 Å². The molecule has 0 bridgehead atoms. The summed E-state index contributed by atoms with van der Waals surface area (Å²) in [5, 5.41) is 11.4. The van der Waals surface area contributed by atoms with E-state index in [-0.39, 0.29) is 17.2 Å². The van der Waals surface area contributed by atoms with E-state index >= 15 is 0 Å². The number of nitrogens with zero attached hydrogens (tertiary/aromatic N) is 1. The molecule has 3 nitrogen and oxygen atoms in total. The molecule has 0 heterocycles. The number of benzene rings is 2. The SMILES string of the molecule is N/C(=N/O)c1cccc(CSc2cccc(F)c2)c1F. The van der Waals surface area contributed by atoms with Crippen LogP contribution in [0.1, 0.15) is 11.1 Å². The molecule has 0 radical (unpaired) electrons. The van der Waals surface area contributed by atoms with Gasteiger partial charge in [0.25, 0.3) is 0 Å². The first-order valence-corrected chi connectivity index (χ1v) is 6.74. The van der Waals surface area contributed by atoms with Crippen LogP contribution in [0.5, 0.6) is 0 Å². The molecule has 0 atom stereocenters. The minimum atomic E-state index is -0.535. The molecule has 0 aliphatic rings. The second-order valence-corrected chi connectivity index (χ2v) is 5.06. The van der Waals surface area contributed by atoms with Crippen LogP contribution < -0.4 is 5.73 Å². The zero-order chi connectivity index (χ0) is 14.5. The Hall–Kier alpha value is -2.08. The monoisotopic (exact) mass is 294 g/mol. The number of rotatable bonds is 4. The number of halogens is 2. The number of hydrogen-bond acceptors (Lipinski definition) is 3. The van der Waals surface area contributed by atoms with E-state index in [1.807, 2.05) is 0 Å². The van der Waals surface area contributed by atoms with Gasteiger partial charge in [0.05, 0.1) is 5.56 Å². The Balaban J connectivity index is 2.18. The lowest BCUT2D eigenvalue weighted by molar-refractivity contribution is 0.318. The minimum Gasteiger partial charge on any atom is -0.409 e. The number of amidine groups is 1. The van der Waals surface area contributed by atoms with Crippen molar-refractivity contribution in [2.45, 2.75) is 10.6 Å². The molecule has 20 heavy (non-hydrogen) atoms. The second-order valence-electron chi connectivity index (χ2n) is 4.01. The Kier molecular flexibility index (Phi) is 4.57. The zero-order valence-electron chi connectivity index (χ0n) is 10.4. The zero-order valence-corrected chi connectivity index (χ0v) is 11.2. The van der Waals surface area contributed by atoms with E-state index in [2.05, 4.69) is 5.16 Å². The Bertz CT molecular complexity index is 647. The highest BCUT2D eigenvalue weighted by Crippen LogP contribution is 2.25. The van der Waals surface area contributed by atoms with Gasteiger partial charge in [0.2, 0.25) is 0 Å². The molecule has 0 fully saturated rings. The molecule has 6 heteroatoms. The highest BCUT2D eigenvalue weighted by molar-refractivity contribution is 7.98. The van der Waals surface area contributed by atoms with E-state index in [9.17, 15) is 8.78 Å². The molecule has 0 unspecified atom stereocenters. The number of oxime groups is 1. The maximum absolute atomic E-state index is 14.1. The van der Waals surface area contributed by atoms with Gasteiger partial charge in [-0.25, -0.2) is 8.78 Å². The summed E-state index contributed by atoms with van der Waals surface area (Å²) in [5.74, 6) is -0.824. The van der Waals surface area contributed by atoms with Gasteiger partial charge in [0, 0.05) is 10.6 Å². The van der Waals surface area contributed by atoms with Gasteiger partial charge in [0.1, 0.15) is 11.6 Å². The second kappa shape index (κ2) is 6.38. The standard InChI is InChI=1S/C14H12F2N2OS/c15-10-4-2-5-11(7-10)20-8-9-3-1-6-12(13(9)16)14(17)18-19/h1-7,19H,8H2,(H2,17,18). The van der Waals surface area contributed by atoms with Crippen LogP contribution in [0.2, 0.25) is 0 Å². The first-order chi connectivity index (χ1) is 9.61. The Labute approximate surface area is 119 Å². The molecule has 0 saturated heterocycles. The number of hydrogen-bond donors (Lipinski definition) is 2. The van der Waals surface area contributed by atoms with Crippen LogP contribution in [0.25, 0.3) is 0 Å². The fourth-order valence-corrected chi connectivity index (χ4v) is 2.58. The van der Waals surface area contributed by atoms with E-state index < -0.39 is 5.82 Å². The lowest BCUT2D eigenvalue weighted by atomic mass is 10.1. The van der Waals surface area contributed by atoms with Crippen molar-refractivity contribution in [3.05, 3.63) is 65.2 Å². The third-order valence-electron chi connectivity index (χ3n) is 2.65. The van der Waals surface area contributed by atoms with Crippen molar-refractivity contribution in [2.24, 2.45) is 10.9 Å². The van der Waals surface area contributed by atoms with Crippen molar-refractivity contribution in [1.29, 1.82) is 0 Å². The highest BCUT2D eigenvalue weighted by atomic mass is 32.2. The lowest BCUT2D eigenvalue weighted by Gasteiger charge is -2.07. The van der Waals surface area contributed by atoms with Gasteiger partial charge in [-0.1, -0.05) is 23.4 Å². The summed E-state index contributed by atoms with van der Waals surface area (Å²) in [4.78, 5) is 0.707. The smallest absolute Gasteiger partial charge is 0.173 e. The van der Waals surface area contributed by atoms with Gasteiger partial charge in [-0.05, 0) is 29.8 Å². The largest absolute Gasteiger partial charge is 0.409 e. The van der Waals surface area contributed by atoms with Crippen LogP contribution in [0.15, 0.2) is 52.5 Å². The number of nitrogens with two attached hydrogens (primary N) is 1. The van der Waals surface area contributed by atoms with Gasteiger partial charge in [0.15, 0.2) is 5.84 Å². The number of thioether (sulfide) groups is 1. The van der Waals surface area contributed by atoms with Gasteiger partial charge in [-0.15, -0.1) is 11.8 Å². The lowest BCUT2D eigenvalue weighted by Crippen LogP contribution is -2.15. The predicted octanol–water partition coefficient (Wildman–Crippen LogP) is 3.35. The topological polar surface area (TPSA) is 58.6 Å². The first kappa shape index (κ1) is 14.3. The van der Waals surface area contributed by atoms with E-state index in [1.165, 1.54) is 30.0 Å². The summed E-state index contributed by atoms with van der Waals surface area (Å²) < 4.78 is 27.2. The quantitative estimate of drug-likeness (QED) is 0.299.